The lowest BCUT2D eigenvalue weighted by Crippen LogP contribution is -2.55. The van der Waals surface area contributed by atoms with Crippen molar-refractivity contribution in [1.82, 2.24) is 34.6 Å². The Morgan fingerprint density at radius 1 is 0.955 bits per heavy atom. The van der Waals surface area contributed by atoms with Gasteiger partial charge >= 0.3 is 6.09 Å². The van der Waals surface area contributed by atoms with Gasteiger partial charge < -0.3 is 19.9 Å². The number of piperazine rings is 1. The zero-order chi connectivity index (χ0) is 31.8. The van der Waals surface area contributed by atoms with Crippen molar-refractivity contribution >= 4 is 23.3 Å². The van der Waals surface area contributed by atoms with Crippen molar-refractivity contribution in [3.05, 3.63) is 54.7 Å². The average Bonchev–Trinajstić information content (AvgIpc) is 3.60. The van der Waals surface area contributed by atoms with Crippen LogP contribution < -0.4 is 10.2 Å². The van der Waals surface area contributed by atoms with E-state index in [1.165, 1.54) is 0 Å². The van der Waals surface area contributed by atoms with E-state index in [2.05, 4.69) is 26.5 Å². The predicted octanol–water partition coefficient (Wildman–Crippen LogP) is 4.26. The number of hydrogen-bond donors (Lipinski definition) is 1. The van der Waals surface area contributed by atoms with Gasteiger partial charge in [-0.3, -0.25) is 9.48 Å². The molecule has 4 aromatic heterocycles. The van der Waals surface area contributed by atoms with Crippen LogP contribution in [0.2, 0.25) is 0 Å². The van der Waals surface area contributed by atoms with E-state index in [4.69, 9.17) is 9.72 Å². The van der Waals surface area contributed by atoms with E-state index in [-0.39, 0.29) is 5.91 Å². The second-order valence-electron chi connectivity index (χ2n) is 13.3. The third-order valence-corrected chi connectivity index (χ3v) is 7.46. The van der Waals surface area contributed by atoms with Crippen LogP contribution in [0.3, 0.4) is 0 Å². The van der Waals surface area contributed by atoms with Crippen LogP contribution in [0.1, 0.15) is 47.1 Å². The van der Waals surface area contributed by atoms with Crippen LogP contribution in [0.4, 0.5) is 10.6 Å². The summed E-state index contributed by atoms with van der Waals surface area (Å²) in [6.45, 7) is 13.4. The largest absolute Gasteiger partial charge is 0.436 e. The number of aromatic nitrogens is 5. The Morgan fingerprint density at radius 2 is 1.68 bits per heavy atom. The Morgan fingerprint density at radius 3 is 2.25 bits per heavy atom. The fourth-order valence-corrected chi connectivity index (χ4v) is 5.25. The van der Waals surface area contributed by atoms with Crippen LogP contribution in [0.25, 0.3) is 27.8 Å². The molecule has 0 bridgehead atoms. The normalized spacial score (nSPS) is 14.8. The van der Waals surface area contributed by atoms with Crippen molar-refractivity contribution in [3.8, 4) is 28.3 Å². The first-order valence-electron chi connectivity index (χ1n) is 14.6. The summed E-state index contributed by atoms with van der Waals surface area (Å²) < 4.78 is 9.12. The number of pyridine rings is 2. The van der Waals surface area contributed by atoms with Gasteiger partial charge in [0, 0.05) is 85.0 Å². The Balaban J connectivity index is 1.31. The molecule has 12 heteroatoms. The number of amides is 2. The van der Waals surface area contributed by atoms with E-state index in [9.17, 15) is 14.9 Å². The molecule has 1 aliphatic heterocycles. The zero-order valence-corrected chi connectivity index (χ0v) is 26.3. The number of nitrogens with zero attached hydrogens (tertiary/aromatic N) is 8. The molecule has 0 saturated carbocycles. The maximum atomic E-state index is 13.5. The van der Waals surface area contributed by atoms with Crippen molar-refractivity contribution < 1.29 is 14.3 Å². The lowest BCUT2D eigenvalue weighted by molar-refractivity contribution is -0.146. The van der Waals surface area contributed by atoms with Gasteiger partial charge in [0.1, 0.15) is 11.9 Å². The molecule has 230 valence electrons. The summed E-state index contributed by atoms with van der Waals surface area (Å²) in [5.74, 6) is 0.596. The summed E-state index contributed by atoms with van der Waals surface area (Å²) in [4.78, 5) is 34.7. The molecule has 1 unspecified atom stereocenters. The van der Waals surface area contributed by atoms with Gasteiger partial charge in [0.15, 0.2) is 6.10 Å². The Hall–Kier alpha value is -4.92. The summed E-state index contributed by atoms with van der Waals surface area (Å²) in [5, 5.41) is 21.2. The highest BCUT2D eigenvalue weighted by atomic mass is 16.6. The highest BCUT2D eigenvalue weighted by Gasteiger charge is 2.39. The number of hydrogen-bond acceptors (Lipinski definition) is 8. The van der Waals surface area contributed by atoms with Gasteiger partial charge in [-0.05, 0) is 39.0 Å². The van der Waals surface area contributed by atoms with Crippen LogP contribution in [-0.4, -0.2) is 79.1 Å². The first-order chi connectivity index (χ1) is 20.7. The lowest BCUT2D eigenvalue weighted by Gasteiger charge is -2.39. The molecule has 1 atom stereocenters. The monoisotopic (exact) mass is 597 g/mol. The second-order valence-corrected chi connectivity index (χ2v) is 13.3. The molecule has 5 heterocycles. The van der Waals surface area contributed by atoms with Crippen LogP contribution in [-0.2, 0) is 16.6 Å². The highest BCUT2D eigenvalue weighted by Crippen LogP contribution is 2.32. The lowest BCUT2D eigenvalue weighted by atomic mass is 9.88. The molecule has 5 rings (SSSR count). The quantitative estimate of drug-likeness (QED) is 0.361. The smallest absolute Gasteiger partial charge is 0.408 e. The Labute approximate surface area is 257 Å². The first-order valence-corrected chi connectivity index (χ1v) is 14.6. The molecule has 1 saturated heterocycles. The number of fused-ring (bicyclic) bond motifs is 1. The van der Waals surface area contributed by atoms with Crippen molar-refractivity contribution in [2.45, 2.75) is 53.2 Å². The first kappa shape index (κ1) is 30.5. The number of aryl methyl sites for hydroxylation is 1. The van der Waals surface area contributed by atoms with Crippen molar-refractivity contribution in [3.63, 3.8) is 0 Å². The molecule has 0 radical (unpaired) electrons. The maximum Gasteiger partial charge on any atom is 0.408 e. The molecule has 44 heavy (non-hydrogen) atoms. The van der Waals surface area contributed by atoms with Gasteiger partial charge in [0.05, 0.1) is 23.5 Å². The van der Waals surface area contributed by atoms with E-state index >= 15 is 0 Å². The summed E-state index contributed by atoms with van der Waals surface area (Å²) in [5.41, 5.74) is 3.72. The van der Waals surface area contributed by atoms with Crippen molar-refractivity contribution in [2.75, 3.05) is 31.1 Å². The van der Waals surface area contributed by atoms with Gasteiger partial charge in [-0.1, -0.05) is 20.8 Å². The van der Waals surface area contributed by atoms with Crippen LogP contribution >= 0.6 is 0 Å². The molecule has 1 N–H and O–H groups in total. The predicted molar refractivity (Wildman–Crippen MR) is 167 cm³/mol. The number of nitriles is 1. The van der Waals surface area contributed by atoms with E-state index in [1.54, 1.807) is 32.7 Å². The highest BCUT2D eigenvalue weighted by molar-refractivity contribution is 5.88. The number of alkyl carbamates (subject to hydrolysis) is 1. The van der Waals surface area contributed by atoms with E-state index < -0.39 is 23.2 Å². The molecule has 4 aromatic rings. The standard InChI is InChI=1S/C32H39N9O3/c1-31(2,3)28(44-30(43)37-32(4,5)6)29(42)40-12-10-39(11-13-40)26-9-8-21(16-34-26)25-14-22(24-18-35-38(7)19-24)20-41-27(25)23(15-33)17-36-41/h8-9,14,16-20,28H,10-13H2,1-7H3,(H,37,43). The maximum absolute atomic E-state index is 13.5. The Bertz CT molecular complexity index is 1710. The molecule has 0 aliphatic carbocycles. The number of nitrogens with one attached hydrogen (secondary N) is 1. The van der Waals surface area contributed by atoms with Crippen LogP contribution in [0.5, 0.6) is 0 Å². The van der Waals surface area contributed by atoms with Gasteiger partial charge in [-0.15, -0.1) is 0 Å². The second kappa shape index (κ2) is 11.6. The third kappa shape index (κ3) is 6.51. The fraction of sp³-hybridized carbons (Fsp3) is 0.438. The van der Waals surface area contributed by atoms with Crippen LogP contribution in [0, 0.1) is 16.7 Å². The minimum absolute atomic E-state index is 0.198. The van der Waals surface area contributed by atoms with Crippen LogP contribution in [0.15, 0.2) is 49.2 Å². The molecular formula is C32H39N9O3. The molecule has 2 amide bonds. The topological polar surface area (TPSA) is 134 Å². The summed E-state index contributed by atoms with van der Waals surface area (Å²) >= 11 is 0. The van der Waals surface area contributed by atoms with E-state index in [0.717, 1.165) is 28.1 Å². The molecular weight excluding hydrogens is 558 g/mol. The number of rotatable bonds is 5. The number of carbonyl (C=O) groups excluding carboxylic acids is 2. The SMILES string of the molecule is Cn1cc(-c2cc(-c3ccc(N4CCN(C(=O)C(OC(=O)NC(C)(C)C)C(C)(C)C)CC4)nc3)c3c(C#N)cnn3c2)cn1. The van der Waals surface area contributed by atoms with Crippen molar-refractivity contribution in [2.24, 2.45) is 12.5 Å². The van der Waals surface area contributed by atoms with Gasteiger partial charge in [-0.2, -0.15) is 15.5 Å². The van der Waals surface area contributed by atoms with Gasteiger partial charge in [0.25, 0.3) is 5.91 Å². The van der Waals surface area contributed by atoms with Gasteiger partial charge in [-0.25, -0.2) is 14.3 Å². The number of ether oxygens (including phenoxy) is 1. The van der Waals surface area contributed by atoms with Crippen molar-refractivity contribution in [1.29, 1.82) is 5.26 Å². The van der Waals surface area contributed by atoms with Gasteiger partial charge in [0.2, 0.25) is 0 Å². The Kier molecular flexibility index (Phi) is 8.07. The summed E-state index contributed by atoms with van der Waals surface area (Å²) in [7, 11) is 1.87. The average molecular weight is 598 g/mol. The number of carbonyl (C=O) groups is 2. The molecule has 1 aliphatic rings. The fourth-order valence-electron chi connectivity index (χ4n) is 5.25. The zero-order valence-electron chi connectivity index (χ0n) is 26.3. The van der Waals surface area contributed by atoms with E-state index in [0.29, 0.717) is 37.3 Å². The molecule has 0 spiro atoms. The number of anilines is 1. The summed E-state index contributed by atoms with van der Waals surface area (Å²) in [6.07, 6.45) is 7.49. The molecule has 0 aromatic carbocycles. The minimum atomic E-state index is -0.907. The molecule has 1 fully saturated rings. The van der Waals surface area contributed by atoms with E-state index in [1.807, 2.05) is 79.2 Å². The minimum Gasteiger partial charge on any atom is -0.436 e. The molecule has 12 nitrogen and oxygen atoms in total. The third-order valence-electron chi connectivity index (χ3n) is 7.46. The summed E-state index contributed by atoms with van der Waals surface area (Å²) in [6, 6.07) is 8.23.